The van der Waals surface area contributed by atoms with Crippen molar-refractivity contribution in [2.24, 2.45) is 5.73 Å². The molecule has 0 radical (unpaired) electrons. The van der Waals surface area contributed by atoms with Gasteiger partial charge in [-0.2, -0.15) is 4.98 Å². The van der Waals surface area contributed by atoms with E-state index >= 15 is 0 Å². The van der Waals surface area contributed by atoms with Crippen LogP contribution in [0.3, 0.4) is 0 Å². The molecule has 2 aromatic heterocycles. The fraction of sp³-hybridized carbons (Fsp3) is 0.455. The van der Waals surface area contributed by atoms with Gasteiger partial charge in [-0.05, 0) is 18.9 Å². The van der Waals surface area contributed by atoms with Crippen molar-refractivity contribution < 1.29 is 8.94 Å². The first-order valence-corrected chi connectivity index (χ1v) is 5.44. The van der Waals surface area contributed by atoms with Gasteiger partial charge in [0.1, 0.15) is 6.26 Å². The van der Waals surface area contributed by atoms with E-state index in [0.717, 1.165) is 31.2 Å². The van der Waals surface area contributed by atoms with Crippen LogP contribution in [-0.2, 0) is 5.54 Å². The molecule has 1 aliphatic carbocycles. The SMILES string of the molecule is NC1(c2noc(-c3ccoc3)n2)CCCC1. The van der Waals surface area contributed by atoms with Crippen molar-refractivity contribution in [3.8, 4) is 11.5 Å². The zero-order valence-corrected chi connectivity index (χ0v) is 8.85. The van der Waals surface area contributed by atoms with Gasteiger partial charge in [0.2, 0.25) is 0 Å². The second kappa shape index (κ2) is 3.45. The highest BCUT2D eigenvalue weighted by atomic mass is 16.5. The molecule has 5 heteroatoms. The molecule has 0 bridgehead atoms. The molecule has 0 unspecified atom stereocenters. The largest absolute Gasteiger partial charge is 0.472 e. The maximum Gasteiger partial charge on any atom is 0.261 e. The molecular weight excluding hydrogens is 206 g/mol. The minimum atomic E-state index is -0.397. The van der Waals surface area contributed by atoms with E-state index in [2.05, 4.69) is 10.1 Å². The van der Waals surface area contributed by atoms with Crippen LogP contribution in [0.4, 0.5) is 0 Å². The predicted octanol–water partition coefficient (Wildman–Crippen LogP) is 2.06. The summed E-state index contributed by atoms with van der Waals surface area (Å²) in [5, 5.41) is 3.97. The molecular formula is C11H13N3O2. The Labute approximate surface area is 92.6 Å². The summed E-state index contributed by atoms with van der Waals surface area (Å²) < 4.78 is 10.2. The molecule has 0 saturated heterocycles. The average Bonchev–Trinajstić information content (AvgIpc) is 2.98. The van der Waals surface area contributed by atoms with E-state index in [4.69, 9.17) is 14.7 Å². The molecule has 1 aliphatic rings. The lowest BCUT2D eigenvalue weighted by Crippen LogP contribution is -2.34. The topological polar surface area (TPSA) is 78.1 Å². The Balaban J connectivity index is 1.93. The highest BCUT2D eigenvalue weighted by Gasteiger charge is 2.36. The van der Waals surface area contributed by atoms with Crippen LogP contribution in [0.15, 0.2) is 27.5 Å². The highest BCUT2D eigenvalue weighted by Crippen LogP contribution is 2.35. The van der Waals surface area contributed by atoms with E-state index in [9.17, 15) is 0 Å². The normalized spacial score (nSPS) is 19.1. The highest BCUT2D eigenvalue weighted by molar-refractivity contribution is 5.49. The molecule has 1 saturated carbocycles. The van der Waals surface area contributed by atoms with Gasteiger partial charge < -0.3 is 14.7 Å². The van der Waals surface area contributed by atoms with Gasteiger partial charge in [-0.25, -0.2) is 0 Å². The lowest BCUT2D eigenvalue weighted by Gasteiger charge is -2.17. The molecule has 16 heavy (non-hydrogen) atoms. The number of nitrogens with zero attached hydrogens (tertiary/aromatic N) is 2. The number of aromatic nitrogens is 2. The summed E-state index contributed by atoms with van der Waals surface area (Å²) in [6.07, 6.45) is 7.27. The first kappa shape index (κ1) is 9.59. The van der Waals surface area contributed by atoms with Gasteiger partial charge in [0, 0.05) is 0 Å². The van der Waals surface area contributed by atoms with Gasteiger partial charge in [-0.3, -0.25) is 0 Å². The fourth-order valence-electron chi connectivity index (χ4n) is 2.16. The zero-order chi connectivity index (χ0) is 11.0. The average molecular weight is 219 g/mol. The fourth-order valence-corrected chi connectivity index (χ4v) is 2.16. The van der Waals surface area contributed by atoms with Crippen LogP contribution < -0.4 is 5.73 Å². The van der Waals surface area contributed by atoms with Crippen LogP contribution >= 0.6 is 0 Å². The van der Waals surface area contributed by atoms with E-state index in [-0.39, 0.29) is 0 Å². The first-order chi connectivity index (χ1) is 7.78. The van der Waals surface area contributed by atoms with Crippen LogP contribution in [0.25, 0.3) is 11.5 Å². The standard InChI is InChI=1S/C11H13N3O2/c12-11(4-1-2-5-11)10-13-9(16-14-10)8-3-6-15-7-8/h3,6-7H,1-2,4-5,12H2. The molecule has 0 aliphatic heterocycles. The Bertz CT molecular complexity index is 469. The minimum Gasteiger partial charge on any atom is -0.472 e. The van der Waals surface area contributed by atoms with Gasteiger partial charge >= 0.3 is 0 Å². The van der Waals surface area contributed by atoms with Gasteiger partial charge in [0.15, 0.2) is 5.82 Å². The number of furan rings is 1. The van der Waals surface area contributed by atoms with E-state index < -0.39 is 5.54 Å². The second-order valence-electron chi connectivity index (χ2n) is 4.30. The first-order valence-electron chi connectivity index (χ1n) is 5.44. The van der Waals surface area contributed by atoms with Gasteiger partial charge in [0.25, 0.3) is 5.89 Å². The van der Waals surface area contributed by atoms with E-state index in [1.165, 1.54) is 0 Å². The smallest absolute Gasteiger partial charge is 0.261 e. The second-order valence-corrected chi connectivity index (χ2v) is 4.30. The van der Waals surface area contributed by atoms with Crippen molar-refractivity contribution in [1.29, 1.82) is 0 Å². The van der Waals surface area contributed by atoms with Crippen LogP contribution in [-0.4, -0.2) is 10.1 Å². The van der Waals surface area contributed by atoms with Crippen molar-refractivity contribution in [2.45, 2.75) is 31.2 Å². The van der Waals surface area contributed by atoms with Crippen LogP contribution in [0.5, 0.6) is 0 Å². The van der Waals surface area contributed by atoms with Crippen LogP contribution in [0.2, 0.25) is 0 Å². The molecule has 84 valence electrons. The number of hydrogen-bond donors (Lipinski definition) is 1. The Hall–Kier alpha value is -1.62. The zero-order valence-electron chi connectivity index (χ0n) is 8.85. The summed E-state index contributed by atoms with van der Waals surface area (Å²) in [4.78, 5) is 4.34. The maximum absolute atomic E-state index is 6.24. The summed E-state index contributed by atoms with van der Waals surface area (Å²) in [6, 6.07) is 1.79. The van der Waals surface area contributed by atoms with Crippen LogP contribution in [0.1, 0.15) is 31.5 Å². The molecule has 2 heterocycles. The van der Waals surface area contributed by atoms with Crippen LogP contribution in [0, 0.1) is 0 Å². The molecule has 0 aromatic carbocycles. The number of nitrogens with two attached hydrogens (primary N) is 1. The Kier molecular flexibility index (Phi) is 2.07. The predicted molar refractivity (Wildman–Crippen MR) is 56.3 cm³/mol. The molecule has 5 nitrogen and oxygen atoms in total. The molecule has 0 atom stereocenters. The Morgan fingerprint density at radius 2 is 2.12 bits per heavy atom. The van der Waals surface area contributed by atoms with Crippen molar-refractivity contribution >= 4 is 0 Å². The number of hydrogen-bond acceptors (Lipinski definition) is 5. The molecule has 2 N–H and O–H groups in total. The molecule has 3 rings (SSSR count). The Morgan fingerprint density at radius 1 is 1.31 bits per heavy atom. The van der Waals surface area contributed by atoms with Gasteiger partial charge in [-0.1, -0.05) is 18.0 Å². The van der Waals surface area contributed by atoms with Crippen molar-refractivity contribution in [1.82, 2.24) is 10.1 Å². The minimum absolute atomic E-state index is 0.397. The summed E-state index contributed by atoms with van der Waals surface area (Å²) in [5.74, 6) is 1.08. The lowest BCUT2D eigenvalue weighted by molar-refractivity contribution is 0.372. The van der Waals surface area contributed by atoms with E-state index in [0.29, 0.717) is 11.7 Å². The monoisotopic (exact) mass is 219 g/mol. The van der Waals surface area contributed by atoms with Gasteiger partial charge in [0.05, 0.1) is 17.4 Å². The quantitative estimate of drug-likeness (QED) is 0.836. The third-order valence-electron chi connectivity index (χ3n) is 3.14. The molecule has 1 fully saturated rings. The summed E-state index contributed by atoms with van der Waals surface area (Å²) >= 11 is 0. The third kappa shape index (κ3) is 1.44. The molecule has 0 amide bonds. The third-order valence-corrected chi connectivity index (χ3v) is 3.14. The molecule has 0 spiro atoms. The van der Waals surface area contributed by atoms with Gasteiger partial charge in [-0.15, -0.1) is 0 Å². The maximum atomic E-state index is 6.24. The van der Waals surface area contributed by atoms with Crippen molar-refractivity contribution in [3.63, 3.8) is 0 Å². The molecule has 2 aromatic rings. The summed E-state index contributed by atoms with van der Waals surface area (Å²) in [7, 11) is 0. The van der Waals surface area contributed by atoms with Crippen molar-refractivity contribution in [3.05, 3.63) is 24.4 Å². The van der Waals surface area contributed by atoms with E-state index in [1.807, 2.05) is 0 Å². The number of rotatable bonds is 2. The van der Waals surface area contributed by atoms with E-state index in [1.54, 1.807) is 18.6 Å². The summed E-state index contributed by atoms with van der Waals surface area (Å²) in [6.45, 7) is 0. The Morgan fingerprint density at radius 3 is 2.81 bits per heavy atom. The lowest BCUT2D eigenvalue weighted by atomic mass is 9.99. The summed E-state index contributed by atoms with van der Waals surface area (Å²) in [5.41, 5.74) is 6.63. The van der Waals surface area contributed by atoms with Crippen molar-refractivity contribution in [2.75, 3.05) is 0 Å².